The number of nitrogens with zero attached hydrogens (tertiary/aromatic N) is 1. The van der Waals surface area contributed by atoms with E-state index in [1.54, 1.807) is 0 Å². The van der Waals surface area contributed by atoms with Crippen LogP contribution in [0.1, 0.15) is 34.1 Å². The van der Waals surface area contributed by atoms with Crippen LogP contribution < -0.4 is 0 Å². The van der Waals surface area contributed by atoms with Crippen molar-refractivity contribution in [2.45, 2.75) is 49.5 Å². The van der Waals surface area contributed by atoms with Gasteiger partial charge < -0.3 is 4.74 Å². The van der Waals surface area contributed by atoms with Crippen molar-refractivity contribution in [3.63, 3.8) is 0 Å². The molecule has 0 aromatic rings. The molecule has 0 aromatic carbocycles. The average molecular weight is 379 g/mol. The molecule has 1 heterocycles. The largest absolute Gasteiger partial charge is 0.379 e. The van der Waals surface area contributed by atoms with Gasteiger partial charge in [-0.15, -0.1) is 0 Å². The summed E-state index contributed by atoms with van der Waals surface area (Å²) in [5.41, 5.74) is 0. The first kappa shape index (κ1) is 20.7. The molecule has 23 heavy (non-hydrogen) atoms. The van der Waals surface area contributed by atoms with Crippen LogP contribution in [0.3, 0.4) is 0 Å². The summed E-state index contributed by atoms with van der Waals surface area (Å²) in [6, 6.07) is 0. The molecule has 1 fully saturated rings. The van der Waals surface area contributed by atoms with Gasteiger partial charge in [0.15, 0.2) is 4.75 Å². The van der Waals surface area contributed by atoms with E-state index >= 15 is 8.78 Å². The summed E-state index contributed by atoms with van der Waals surface area (Å²) in [5.74, 6) is -4.24. The number of morpholine rings is 1. The van der Waals surface area contributed by atoms with E-state index in [0.717, 1.165) is 11.2 Å². The lowest BCUT2D eigenvalue weighted by Crippen LogP contribution is -2.67. The molecule has 1 aliphatic rings. The second-order valence-corrected chi connectivity index (χ2v) is 10.5. The van der Waals surface area contributed by atoms with E-state index < -0.39 is 42.0 Å². The third-order valence-corrected chi connectivity index (χ3v) is 8.89. The fraction of sp³-hybridized carbons (Fsp3) is 1.00. The van der Waals surface area contributed by atoms with E-state index in [2.05, 4.69) is 0 Å². The van der Waals surface area contributed by atoms with Gasteiger partial charge in [-0.25, -0.2) is 17.2 Å². The van der Waals surface area contributed by atoms with Gasteiger partial charge in [-0.05, 0) is 27.2 Å². The highest BCUT2D eigenvalue weighted by atomic mass is 32.2. The van der Waals surface area contributed by atoms with E-state index in [1.165, 1.54) is 6.92 Å². The Kier molecular flexibility index (Phi) is 5.55. The van der Waals surface area contributed by atoms with Crippen LogP contribution in [0.4, 0.5) is 8.78 Å². The standard InChI is InChI=1S/C12H23F2NO6S2/c1-5-11(4,12(13,14)10(2,3)23(18,19)20)22(16,17)15-6-8-21-9-7-15/h5-9H2,1-4H3,(H,18,19,20). The molecule has 11 heteroatoms. The summed E-state index contributed by atoms with van der Waals surface area (Å²) >= 11 is 0. The summed E-state index contributed by atoms with van der Waals surface area (Å²) in [7, 11) is -9.75. The Labute approximate surface area is 135 Å². The van der Waals surface area contributed by atoms with Crippen LogP contribution in [0, 0.1) is 0 Å². The van der Waals surface area contributed by atoms with Crippen molar-refractivity contribution in [3.8, 4) is 0 Å². The number of ether oxygens (including phenoxy) is 1. The van der Waals surface area contributed by atoms with Crippen molar-refractivity contribution in [2.24, 2.45) is 0 Å². The summed E-state index contributed by atoms with van der Waals surface area (Å²) in [6.07, 6.45) is -0.529. The molecule has 1 saturated heterocycles. The van der Waals surface area contributed by atoms with Gasteiger partial charge >= 0.3 is 0 Å². The molecule has 7 nitrogen and oxygen atoms in total. The lowest BCUT2D eigenvalue weighted by atomic mass is 9.90. The quantitative estimate of drug-likeness (QED) is 0.694. The van der Waals surface area contributed by atoms with E-state index in [1.807, 2.05) is 0 Å². The van der Waals surface area contributed by atoms with Crippen molar-refractivity contribution >= 4 is 20.1 Å². The van der Waals surface area contributed by atoms with Crippen LogP contribution in [0.2, 0.25) is 0 Å². The van der Waals surface area contributed by atoms with Crippen molar-refractivity contribution in [3.05, 3.63) is 0 Å². The number of hydrogen-bond acceptors (Lipinski definition) is 5. The van der Waals surface area contributed by atoms with Crippen LogP contribution >= 0.6 is 0 Å². The van der Waals surface area contributed by atoms with Crippen LogP contribution in [0.15, 0.2) is 0 Å². The first-order chi connectivity index (χ1) is 10.2. The minimum absolute atomic E-state index is 0.0757. The zero-order chi connectivity index (χ0) is 18.3. The first-order valence-electron chi connectivity index (χ1n) is 7.09. The molecule has 1 atom stereocenters. The highest BCUT2D eigenvalue weighted by Gasteiger charge is 2.70. The fourth-order valence-corrected chi connectivity index (χ4v) is 5.19. The molecule has 1 aliphatic heterocycles. The van der Waals surface area contributed by atoms with Crippen molar-refractivity contribution < 1.29 is 34.9 Å². The van der Waals surface area contributed by atoms with Gasteiger partial charge in [0.05, 0.1) is 13.2 Å². The van der Waals surface area contributed by atoms with E-state index in [-0.39, 0.29) is 26.3 Å². The molecule has 1 unspecified atom stereocenters. The Morgan fingerprint density at radius 3 is 1.87 bits per heavy atom. The maximum absolute atomic E-state index is 15.0. The van der Waals surface area contributed by atoms with E-state index in [4.69, 9.17) is 4.74 Å². The Bertz CT molecular complexity index is 640. The lowest BCUT2D eigenvalue weighted by Gasteiger charge is -2.45. The maximum Gasteiger partial charge on any atom is 0.289 e. The highest BCUT2D eigenvalue weighted by molar-refractivity contribution is 7.91. The van der Waals surface area contributed by atoms with Gasteiger partial charge in [-0.1, -0.05) is 6.92 Å². The normalized spacial score (nSPS) is 21.9. The number of sulfonamides is 1. The number of alkyl halides is 2. The molecule has 1 N–H and O–H groups in total. The van der Waals surface area contributed by atoms with Gasteiger partial charge in [0, 0.05) is 13.1 Å². The molecule has 0 saturated carbocycles. The Hall–Kier alpha value is -0.360. The Morgan fingerprint density at radius 1 is 1.09 bits per heavy atom. The van der Waals surface area contributed by atoms with Gasteiger partial charge in [0.25, 0.3) is 16.0 Å². The second-order valence-electron chi connectivity index (χ2n) is 6.16. The number of halogens is 2. The monoisotopic (exact) mass is 379 g/mol. The molecule has 1 rings (SSSR count). The Morgan fingerprint density at radius 2 is 1.52 bits per heavy atom. The van der Waals surface area contributed by atoms with E-state index in [0.29, 0.717) is 13.8 Å². The molecule has 0 amide bonds. The van der Waals surface area contributed by atoms with Crippen molar-refractivity contribution in [1.29, 1.82) is 0 Å². The van der Waals surface area contributed by atoms with Crippen molar-refractivity contribution in [2.75, 3.05) is 26.3 Å². The van der Waals surface area contributed by atoms with Gasteiger partial charge in [0.2, 0.25) is 10.0 Å². The SMILES string of the molecule is CCC(C)(C(F)(F)C(C)(C)S(=O)(=O)O)S(=O)(=O)N1CCOCC1. The zero-order valence-corrected chi connectivity index (χ0v) is 15.2. The van der Waals surface area contributed by atoms with Crippen molar-refractivity contribution in [1.82, 2.24) is 4.31 Å². The van der Waals surface area contributed by atoms with E-state index in [9.17, 15) is 21.4 Å². The second kappa shape index (κ2) is 6.17. The average Bonchev–Trinajstić information content (AvgIpc) is 2.45. The zero-order valence-electron chi connectivity index (χ0n) is 13.5. The van der Waals surface area contributed by atoms with Gasteiger partial charge in [-0.2, -0.15) is 12.7 Å². The molecule has 0 bridgehead atoms. The molecule has 138 valence electrons. The third kappa shape index (κ3) is 3.01. The molecule has 0 aliphatic carbocycles. The summed E-state index contributed by atoms with van der Waals surface area (Å²) < 4.78 is 87.8. The number of rotatable bonds is 6. The molecular formula is C12H23F2NO6S2. The lowest BCUT2D eigenvalue weighted by molar-refractivity contribution is -0.0721. The van der Waals surface area contributed by atoms with Crippen LogP contribution in [0.5, 0.6) is 0 Å². The van der Waals surface area contributed by atoms with Gasteiger partial charge in [0.1, 0.15) is 4.75 Å². The molecule has 0 radical (unpaired) electrons. The predicted molar refractivity (Wildman–Crippen MR) is 80.6 cm³/mol. The maximum atomic E-state index is 15.0. The summed E-state index contributed by atoms with van der Waals surface area (Å²) in [4.78, 5) is 0. The molecular weight excluding hydrogens is 356 g/mol. The smallest absolute Gasteiger partial charge is 0.289 e. The minimum atomic E-state index is -5.20. The summed E-state index contributed by atoms with van der Waals surface area (Å²) in [6.45, 7) is 3.27. The minimum Gasteiger partial charge on any atom is -0.379 e. The summed E-state index contributed by atoms with van der Waals surface area (Å²) in [5, 5.41) is 0. The van der Waals surface area contributed by atoms with Crippen LogP contribution in [-0.2, 0) is 24.9 Å². The molecule has 0 aromatic heterocycles. The van der Waals surface area contributed by atoms with Crippen LogP contribution in [0.25, 0.3) is 0 Å². The third-order valence-electron chi connectivity index (χ3n) is 4.62. The van der Waals surface area contributed by atoms with Crippen LogP contribution in [-0.4, -0.2) is 67.4 Å². The fourth-order valence-electron chi connectivity index (χ4n) is 2.44. The van der Waals surface area contributed by atoms with Gasteiger partial charge in [-0.3, -0.25) is 4.55 Å². The predicted octanol–water partition coefficient (Wildman–Crippen LogP) is 1.12. The topological polar surface area (TPSA) is 101 Å². The molecule has 0 spiro atoms. The first-order valence-corrected chi connectivity index (χ1v) is 9.97. The Balaban J connectivity index is 3.48. The number of hydrogen-bond donors (Lipinski definition) is 1. The highest BCUT2D eigenvalue weighted by Crippen LogP contribution is 2.49.